The SMILES string of the molecule is COc1cccc(NC(=O)C2(C(=O)NCc3ccccc3C)CC2)c1. The van der Waals surface area contributed by atoms with Crippen molar-refractivity contribution in [1.29, 1.82) is 0 Å². The van der Waals surface area contributed by atoms with Crippen molar-refractivity contribution in [3.05, 3.63) is 59.7 Å². The van der Waals surface area contributed by atoms with E-state index in [1.54, 1.807) is 31.4 Å². The molecule has 3 rings (SSSR count). The molecule has 0 spiro atoms. The normalized spacial score (nSPS) is 14.5. The maximum Gasteiger partial charge on any atom is 0.240 e. The number of amides is 2. The predicted octanol–water partition coefficient (Wildman–Crippen LogP) is 3.04. The zero-order valence-corrected chi connectivity index (χ0v) is 14.5. The highest BCUT2D eigenvalue weighted by Crippen LogP contribution is 2.47. The van der Waals surface area contributed by atoms with Crippen molar-refractivity contribution < 1.29 is 14.3 Å². The molecule has 2 amide bonds. The minimum Gasteiger partial charge on any atom is -0.497 e. The van der Waals surface area contributed by atoms with Gasteiger partial charge in [0, 0.05) is 18.3 Å². The summed E-state index contributed by atoms with van der Waals surface area (Å²) >= 11 is 0. The molecule has 1 aliphatic rings. The van der Waals surface area contributed by atoms with E-state index in [9.17, 15) is 9.59 Å². The molecule has 5 heteroatoms. The summed E-state index contributed by atoms with van der Waals surface area (Å²) in [5.74, 6) is 0.186. The monoisotopic (exact) mass is 338 g/mol. The molecule has 0 heterocycles. The van der Waals surface area contributed by atoms with E-state index < -0.39 is 5.41 Å². The minimum atomic E-state index is -0.953. The highest BCUT2D eigenvalue weighted by Gasteiger charge is 2.56. The van der Waals surface area contributed by atoms with E-state index in [4.69, 9.17) is 4.74 Å². The van der Waals surface area contributed by atoms with Gasteiger partial charge in [-0.25, -0.2) is 0 Å². The lowest BCUT2D eigenvalue weighted by Gasteiger charge is -2.16. The van der Waals surface area contributed by atoms with Crippen LogP contribution in [0.3, 0.4) is 0 Å². The van der Waals surface area contributed by atoms with Gasteiger partial charge in [0.15, 0.2) is 0 Å². The van der Waals surface area contributed by atoms with Crippen LogP contribution >= 0.6 is 0 Å². The van der Waals surface area contributed by atoms with Gasteiger partial charge in [-0.3, -0.25) is 9.59 Å². The summed E-state index contributed by atoms with van der Waals surface area (Å²) in [6.45, 7) is 2.43. The van der Waals surface area contributed by atoms with Gasteiger partial charge in [-0.2, -0.15) is 0 Å². The number of ether oxygens (including phenoxy) is 1. The third kappa shape index (κ3) is 3.65. The smallest absolute Gasteiger partial charge is 0.240 e. The van der Waals surface area contributed by atoms with Crippen molar-refractivity contribution in [2.75, 3.05) is 12.4 Å². The predicted molar refractivity (Wildman–Crippen MR) is 96.3 cm³/mol. The summed E-state index contributed by atoms with van der Waals surface area (Å²) in [7, 11) is 1.57. The molecular weight excluding hydrogens is 316 g/mol. The van der Waals surface area contributed by atoms with Crippen LogP contribution in [0.5, 0.6) is 5.75 Å². The molecule has 0 atom stereocenters. The first-order valence-electron chi connectivity index (χ1n) is 8.33. The van der Waals surface area contributed by atoms with E-state index >= 15 is 0 Å². The van der Waals surface area contributed by atoms with E-state index in [2.05, 4.69) is 10.6 Å². The topological polar surface area (TPSA) is 67.4 Å². The quantitative estimate of drug-likeness (QED) is 0.796. The second kappa shape index (κ2) is 6.97. The molecule has 5 nitrogen and oxygen atoms in total. The average molecular weight is 338 g/mol. The summed E-state index contributed by atoms with van der Waals surface area (Å²) in [6.07, 6.45) is 1.14. The summed E-state index contributed by atoms with van der Waals surface area (Å²) in [5, 5.41) is 5.74. The number of nitrogens with one attached hydrogen (secondary N) is 2. The van der Waals surface area contributed by atoms with Gasteiger partial charge in [0.1, 0.15) is 11.2 Å². The largest absolute Gasteiger partial charge is 0.497 e. The Balaban J connectivity index is 1.63. The standard InChI is InChI=1S/C20H22N2O3/c1-14-6-3-4-7-15(14)13-21-18(23)20(10-11-20)19(24)22-16-8-5-9-17(12-16)25-2/h3-9,12H,10-11,13H2,1-2H3,(H,21,23)(H,22,24). The molecule has 1 fully saturated rings. The van der Waals surface area contributed by atoms with Crippen LogP contribution in [0.4, 0.5) is 5.69 Å². The fourth-order valence-electron chi connectivity index (χ4n) is 2.79. The lowest BCUT2D eigenvalue weighted by Crippen LogP contribution is -2.39. The molecule has 25 heavy (non-hydrogen) atoms. The van der Waals surface area contributed by atoms with Crippen LogP contribution < -0.4 is 15.4 Å². The van der Waals surface area contributed by atoms with Crippen LogP contribution in [0.2, 0.25) is 0 Å². The van der Waals surface area contributed by atoms with Gasteiger partial charge in [-0.1, -0.05) is 30.3 Å². The molecule has 1 saturated carbocycles. The van der Waals surface area contributed by atoms with E-state index in [1.807, 2.05) is 31.2 Å². The van der Waals surface area contributed by atoms with Crippen LogP contribution in [-0.4, -0.2) is 18.9 Å². The molecule has 0 saturated heterocycles. The van der Waals surface area contributed by atoms with E-state index in [1.165, 1.54) is 0 Å². The Bertz CT molecular complexity index is 797. The minimum absolute atomic E-state index is 0.212. The molecule has 2 N–H and O–H groups in total. The Morgan fingerprint density at radius 1 is 1.08 bits per heavy atom. The van der Waals surface area contributed by atoms with E-state index in [0.717, 1.165) is 11.1 Å². The van der Waals surface area contributed by atoms with Gasteiger partial charge in [-0.15, -0.1) is 0 Å². The van der Waals surface area contributed by atoms with Crippen molar-refractivity contribution in [3.63, 3.8) is 0 Å². The van der Waals surface area contributed by atoms with Gasteiger partial charge in [0.25, 0.3) is 0 Å². The zero-order valence-electron chi connectivity index (χ0n) is 14.5. The average Bonchev–Trinajstić information content (AvgIpc) is 3.43. The van der Waals surface area contributed by atoms with Crippen LogP contribution in [0, 0.1) is 12.3 Å². The number of carbonyl (C=O) groups is 2. The molecule has 2 aromatic rings. The van der Waals surface area contributed by atoms with Crippen molar-refractivity contribution in [3.8, 4) is 5.75 Å². The highest BCUT2D eigenvalue weighted by atomic mass is 16.5. The lowest BCUT2D eigenvalue weighted by molar-refractivity contribution is -0.134. The van der Waals surface area contributed by atoms with E-state index in [0.29, 0.717) is 30.8 Å². The number of hydrogen-bond acceptors (Lipinski definition) is 3. The fraction of sp³-hybridized carbons (Fsp3) is 0.300. The van der Waals surface area contributed by atoms with Gasteiger partial charge < -0.3 is 15.4 Å². The number of aryl methyl sites for hydroxylation is 1. The second-order valence-corrected chi connectivity index (χ2v) is 6.38. The first kappa shape index (κ1) is 17.0. The fourth-order valence-corrected chi connectivity index (χ4v) is 2.79. The zero-order chi connectivity index (χ0) is 17.9. The molecule has 130 valence electrons. The third-order valence-corrected chi connectivity index (χ3v) is 4.65. The Kier molecular flexibility index (Phi) is 4.74. The van der Waals surface area contributed by atoms with Crippen LogP contribution in [-0.2, 0) is 16.1 Å². The molecule has 0 aliphatic heterocycles. The van der Waals surface area contributed by atoms with Gasteiger partial charge in [0.05, 0.1) is 7.11 Å². The molecule has 0 radical (unpaired) electrons. The van der Waals surface area contributed by atoms with Crippen LogP contribution in [0.25, 0.3) is 0 Å². The number of rotatable bonds is 6. The Hall–Kier alpha value is -2.82. The third-order valence-electron chi connectivity index (χ3n) is 4.65. The summed E-state index contributed by atoms with van der Waals surface area (Å²) < 4.78 is 5.15. The van der Waals surface area contributed by atoms with Crippen LogP contribution in [0.15, 0.2) is 48.5 Å². The summed E-state index contributed by atoms with van der Waals surface area (Å²) in [4.78, 5) is 25.2. The molecule has 2 aromatic carbocycles. The Morgan fingerprint density at radius 3 is 2.52 bits per heavy atom. The first-order chi connectivity index (χ1) is 12.0. The van der Waals surface area contributed by atoms with Gasteiger partial charge >= 0.3 is 0 Å². The van der Waals surface area contributed by atoms with Gasteiger partial charge in [0.2, 0.25) is 11.8 Å². The number of benzene rings is 2. The van der Waals surface area contributed by atoms with Crippen molar-refractivity contribution in [1.82, 2.24) is 5.32 Å². The number of methoxy groups -OCH3 is 1. The Morgan fingerprint density at radius 2 is 1.84 bits per heavy atom. The first-order valence-corrected chi connectivity index (χ1v) is 8.33. The lowest BCUT2D eigenvalue weighted by atomic mass is 10.0. The Labute approximate surface area is 147 Å². The van der Waals surface area contributed by atoms with Crippen LogP contribution in [0.1, 0.15) is 24.0 Å². The maximum absolute atomic E-state index is 12.6. The highest BCUT2D eigenvalue weighted by molar-refractivity contribution is 6.13. The van der Waals surface area contributed by atoms with Gasteiger partial charge in [-0.05, 0) is 43.0 Å². The molecule has 0 bridgehead atoms. The van der Waals surface area contributed by atoms with Crippen molar-refractivity contribution in [2.45, 2.75) is 26.3 Å². The number of carbonyl (C=O) groups excluding carboxylic acids is 2. The second-order valence-electron chi connectivity index (χ2n) is 6.38. The molecule has 0 aromatic heterocycles. The number of hydrogen-bond donors (Lipinski definition) is 2. The molecular formula is C20H22N2O3. The van der Waals surface area contributed by atoms with Crippen molar-refractivity contribution >= 4 is 17.5 Å². The molecule has 1 aliphatic carbocycles. The van der Waals surface area contributed by atoms with E-state index in [-0.39, 0.29) is 11.8 Å². The molecule has 0 unspecified atom stereocenters. The summed E-state index contributed by atoms with van der Waals surface area (Å²) in [6, 6.07) is 15.0. The van der Waals surface area contributed by atoms with Crippen molar-refractivity contribution in [2.24, 2.45) is 5.41 Å². The number of anilines is 1. The summed E-state index contributed by atoms with van der Waals surface area (Å²) in [5.41, 5.74) is 1.85. The maximum atomic E-state index is 12.6.